The number of non-ortho nitro benzene ring substituents is 2. The summed E-state index contributed by atoms with van der Waals surface area (Å²) in [5.74, 6) is -3.28. The van der Waals surface area contributed by atoms with Gasteiger partial charge in [-0.05, 0) is 36.4 Å². The number of amides is 4. The molecule has 4 aromatic carbocycles. The van der Waals surface area contributed by atoms with Crippen LogP contribution in [0.1, 0.15) is 41.4 Å². The number of hydrogen-bond acceptors (Lipinski definition) is 10. The summed E-state index contributed by atoms with van der Waals surface area (Å²) in [6, 6.07) is 14.3. The van der Waals surface area contributed by atoms with Crippen LogP contribution in [0.25, 0.3) is 11.1 Å². The lowest BCUT2D eigenvalue weighted by Crippen LogP contribution is -2.29. The maximum Gasteiger partial charge on any atom is 0.270 e. The molecule has 14 nitrogen and oxygen atoms in total. The molecular formula is C28H12N4O10S. The van der Waals surface area contributed by atoms with Crippen LogP contribution in [0.5, 0.6) is 0 Å². The van der Waals surface area contributed by atoms with Gasteiger partial charge in [0.15, 0.2) is 0 Å². The third kappa shape index (κ3) is 3.42. The van der Waals surface area contributed by atoms with E-state index in [4.69, 9.17) is 0 Å². The van der Waals surface area contributed by atoms with Crippen molar-refractivity contribution in [2.75, 3.05) is 9.80 Å². The van der Waals surface area contributed by atoms with Gasteiger partial charge in [0.05, 0.1) is 53.3 Å². The molecule has 3 heterocycles. The first kappa shape index (κ1) is 25.8. The fourth-order valence-corrected chi connectivity index (χ4v) is 7.19. The topological polar surface area (TPSA) is 195 Å². The molecule has 0 bridgehead atoms. The number of hydrogen-bond donors (Lipinski definition) is 0. The molecule has 0 fully saturated rings. The third-order valence-electron chi connectivity index (χ3n) is 7.48. The number of nitro groups is 2. The van der Waals surface area contributed by atoms with Crippen molar-refractivity contribution in [3.63, 3.8) is 0 Å². The van der Waals surface area contributed by atoms with Crippen LogP contribution in [-0.4, -0.2) is 41.9 Å². The Kier molecular flexibility index (Phi) is 5.09. The average Bonchev–Trinajstić information content (AvgIpc) is 3.48. The smallest absolute Gasteiger partial charge is 0.268 e. The van der Waals surface area contributed by atoms with Gasteiger partial charge < -0.3 is 0 Å². The van der Waals surface area contributed by atoms with Crippen molar-refractivity contribution in [3.8, 4) is 11.1 Å². The molecule has 3 aliphatic rings. The second-order valence-corrected chi connectivity index (χ2v) is 11.6. The lowest BCUT2D eigenvalue weighted by molar-refractivity contribution is -0.385. The first-order valence-corrected chi connectivity index (χ1v) is 13.8. The number of nitro benzene ring substituents is 2. The van der Waals surface area contributed by atoms with Gasteiger partial charge in [0, 0.05) is 35.4 Å². The van der Waals surface area contributed by atoms with Crippen LogP contribution in [0.15, 0.2) is 82.6 Å². The standard InChI is InChI=1S/C28H12N4O10S/c33-25-19-7-3-15(31(37)38)9-21(19)27(35)29(25)13-1-5-17-18-6-2-14(12-24(18)43(41,42)23(17)11-13)30-26(34)20-8-4-16(32(39)40)10-22(20)28(30)36/h1-12H. The molecule has 7 rings (SSSR count). The fourth-order valence-electron chi connectivity index (χ4n) is 5.46. The second kappa shape index (κ2) is 8.46. The summed E-state index contributed by atoms with van der Waals surface area (Å²) < 4.78 is 27.4. The van der Waals surface area contributed by atoms with Crippen LogP contribution in [0.3, 0.4) is 0 Å². The average molecular weight is 596 g/mol. The van der Waals surface area contributed by atoms with E-state index in [1.165, 1.54) is 24.3 Å². The fraction of sp³-hybridized carbons (Fsp3) is 0. The Morgan fingerprint density at radius 3 is 1.21 bits per heavy atom. The maximum absolute atomic E-state index is 13.7. The number of carbonyl (C=O) groups is 4. The van der Waals surface area contributed by atoms with E-state index in [0.717, 1.165) is 58.3 Å². The molecule has 43 heavy (non-hydrogen) atoms. The summed E-state index contributed by atoms with van der Waals surface area (Å²) in [5.41, 5.74) is -0.968. The van der Waals surface area contributed by atoms with Crippen LogP contribution in [0.4, 0.5) is 22.7 Å². The highest BCUT2D eigenvalue weighted by atomic mass is 32.2. The van der Waals surface area contributed by atoms with Gasteiger partial charge in [0.2, 0.25) is 9.84 Å². The van der Waals surface area contributed by atoms with Gasteiger partial charge in [-0.15, -0.1) is 0 Å². The van der Waals surface area contributed by atoms with Crippen LogP contribution in [-0.2, 0) is 9.84 Å². The van der Waals surface area contributed by atoms with Gasteiger partial charge in [-0.2, -0.15) is 0 Å². The van der Waals surface area contributed by atoms with Crippen molar-refractivity contribution >= 4 is 56.2 Å². The van der Waals surface area contributed by atoms with E-state index >= 15 is 0 Å². The minimum atomic E-state index is -4.29. The van der Waals surface area contributed by atoms with Gasteiger partial charge in [-0.1, -0.05) is 12.1 Å². The zero-order chi connectivity index (χ0) is 30.5. The molecule has 0 aliphatic carbocycles. The van der Waals surface area contributed by atoms with Crippen LogP contribution in [0.2, 0.25) is 0 Å². The zero-order valence-electron chi connectivity index (χ0n) is 21.2. The number of fused-ring (bicyclic) bond motifs is 5. The molecule has 0 radical (unpaired) electrons. The normalized spacial score (nSPS) is 15.8. The monoisotopic (exact) mass is 596 g/mol. The molecule has 0 N–H and O–H groups in total. The lowest BCUT2D eigenvalue weighted by atomic mass is 10.0. The Hall–Kier alpha value is -6.09. The quantitative estimate of drug-likeness (QED) is 0.167. The molecule has 15 heteroatoms. The molecule has 0 saturated heterocycles. The van der Waals surface area contributed by atoms with Crippen molar-refractivity contribution in [2.24, 2.45) is 0 Å². The summed E-state index contributed by atoms with van der Waals surface area (Å²) in [6.07, 6.45) is 0. The van der Waals surface area contributed by atoms with Gasteiger partial charge in [0.25, 0.3) is 35.0 Å². The highest BCUT2D eigenvalue weighted by Gasteiger charge is 2.42. The largest absolute Gasteiger partial charge is 0.270 e. The first-order valence-electron chi connectivity index (χ1n) is 12.3. The number of rotatable bonds is 4. The Balaban J connectivity index is 1.26. The van der Waals surface area contributed by atoms with Crippen molar-refractivity contribution < 1.29 is 37.4 Å². The second-order valence-electron chi connectivity index (χ2n) is 9.73. The van der Waals surface area contributed by atoms with E-state index in [9.17, 15) is 47.8 Å². The number of benzene rings is 4. The van der Waals surface area contributed by atoms with Crippen LogP contribution >= 0.6 is 0 Å². The van der Waals surface area contributed by atoms with Crippen LogP contribution in [0, 0.1) is 20.2 Å². The summed E-state index contributed by atoms with van der Waals surface area (Å²) in [6.45, 7) is 0. The Labute approximate surface area is 239 Å². The summed E-state index contributed by atoms with van der Waals surface area (Å²) in [4.78, 5) is 74.2. The number of anilines is 2. The van der Waals surface area contributed by atoms with E-state index in [2.05, 4.69) is 0 Å². The van der Waals surface area contributed by atoms with E-state index in [1.54, 1.807) is 0 Å². The lowest BCUT2D eigenvalue weighted by Gasteiger charge is -2.15. The molecule has 3 aliphatic heterocycles. The number of sulfone groups is 1. The van der Waals surface area contributed by atoms with Crippen LogP contribution < -0.4 is 9.80 Å². The minimum Gasteiger partial charge on any atom is -0.268 e. The number of carbonyl (C=O) groups excluding carboxylic acids is 4. The molecule has 0 unspecified atom stereocenters. The molecule has 4 aromatic rings. The third-order valence-corrected chi connectivity index (χ3v) is 9.31. The van der Waals surface area contributed by atoms with E-state index in [-0.39, 0.29) is 65.9 Å². The first-order chi connectivity index (χ1) is 20.4. The molecular weight excluding hydrogens is 584 g/mol. The van der Waals surface area contributed by atoms with Crippen molar-refractivity contribution in [2.45, 2.75) is 9.79 Å². The van der Waals surface area contributed by atoms with E-state index < -0.39 is 43.3 Å². The zero-order valence-corrected chi connectivity index (χ0v) is 22.0. The molecule has 4 amide bonds. The Morgan fingerprint density at radius 2 is 0.837 bits per heavy atom. The summed E-state index contributed by atoms with van der Waals surface area (Å²) in [7, 11) is -4.29. The highest BCUT2D eigenvalue weighted by molar-refractivity contribution is 7.92. The highest BCUT2D eigenvalue weighted by Crippen LogP contribution is 2.47. The summed E-state index contributed by atoms with van der Waals surface area (Å²) >= 11 is 0. The predicted molar refractivity (Wildman–Crippen MR) is 146 cm³/mol. The predicted octanol–water partition coefficient (Wildman–Crippen LogP) is 3.92. The van der Waals surface area contributed by atoms with E-state index in [0.29, 0.717) is 0 Å². The molecule has 0 aromatic heterocycles. The van der Waals surface area contributed by atoms with Gasteiger partial charge in [0.1, 0.15) is 0 Å². The molecule has 0 atom stereocenters. The van der Waals surface area contributed by atoms with Crippen molar-refractivity contribution in [3.05, 3.63) is 115 Å². The molecule has 210 valence electrons. The molecule has 0 spiro atoms. The molecule has 0 saturated carbocycles. The number of imide groups is 2. The minimum absolute atomic E-state index is 0.0711. The van der Waals surface area contributed by atoms with Gasteiger partial charge in [-0.25, -0.2) is 18.2 Å². The van der Waals surface area contributed by atoms with E-state index in [1.807, 2.05) is 0 Å². The number of nitrogens with zero attached hydrogens (tertiary/aromatic N) is 4. The van der Waals surface area contributed by atoms with Crippen molar-refractivity contribution in [1.82, 2.24) is 0 Å². The van der Waals surface area contributed by atoms with Gasteiger partial charge >= 0.3 is 0 Å². The SMILES string of the molecule is O=C1c2ccc([N+](=O)[O-])cc2C(=O)N1c1ccc2c(c1)S(=O)(=O)c1cc(N3C(=O)c4ccc([N+](=O)[O-])cc4C3=O)ccc1-2. The van der Waals surface area contributed by atoms with Gasteiger partial charge in [-0.3, -0.25) is 39.4 Å². The Bertz CT molecular complexity index is 2060. The maximum atomic E-state index is 13.7. The summed E-state index contributed by atoms with van der Waals surface area (Å²) in [5, 5.41) is 22.3. The Morgan fingerprint density at radius 1 is 0.488 bits per heavy atom. The van der Waals surface area contributed by atoms with Crippen molar-refractivity contribution in [1.29, 1.82) is 0 Å².